The van der Waals surface area contributed by atoms with Crippen LogP contribution in [0.2, 0.25) is 0 Å². The maximum Gasteiger partial charge on any atom is 0.343 e. The molecule has 0 saturated carbocycles. The first kappa shape index (κ1) is 13.9. The third kappa shape index (κ3) is 3.99. The topological polar surface area (TPSA) is 35.5 Å². The molecule has 0 bridgehead atoms. The zero-order chi connectivity index (χ0) is 14.2. The zero-order valence-corrected chi connectivity index (χ0v) is 11.3. The minimum absolute atomic E-state index is 0.384. The zero-order valence-electron chi connectivity index (χ0n) is 11.3. The van der Waals surface area contributed by atoms with Gasteiger partial charge in [0.25, 0.3) is 0 Å². The Balaban J connectivity index is 2.07. The van der Waals surface area contributed by atoms with Crippen LogP contribution in [0.25, 0.3) is 0 Å². The van der Waals surface area contributed by atoms with Crippen LogP contribution in [0.5, 0.6) is 0 Å². The maximum absolute atomic E-state index is 12.0. The average Bonchev–Trinajstić information content (AvgIpc) is 2.49. The predicted molar refractivity (Wildman–Crippen MR) is 77.1 cm³/mol. The Morgan fingerprint density at radius 2 is 1.60 bits per heavy atom. The van der Waals surface area contributed by atoms with E-state index in [1.807, 2.05) is 36.4 Å². The van der Waals surface area contributed by atoms with Crippen molar-refractivity contribution in [2.75, 3.05) is 7.11 Å². The quantitative estimate of drug-likeness (QED) is 0.614. The molecule has 3 heteroatoms. The first-order valence-corrected chi connectivity index (χ1v) is 6.32. The molecule has 0 unspecified atom stereocenters. The molecule has 102 valence electrons. The maximum atomic E-state index is 12.0. The van der Waals surface area contributed by atoms with Crippen LogP contribution in [0.15, 0.2) is 72.7 Å². The van der Waals surface area contributed by atoms with Crippen molar-refractivity contribution < 1.29 is 14.3 Å². The van der Waals surface area contributed by atoms with Crippen molar-refractivity contribution in [2.45, 2.75) is 6.42 Å². The number of methoxy groups -OCH3 is 1. The number of carbonyl (C=O) groups excluding carboxylic acids is 1. The van der Waals surface area contributed by atoms with Gasteiger partial charge in [-0.2, -0.15) is 0 Å². The Bertz CT molecular complexity index is 574. The molecular weight excluding hydrogens is 252 g/mol. The van der Waals surface area contributed by atoms with Crippen molar-refractivity contribution >= 4 is 5.97 Å². The second kappa shape index (κ2) is 7.14. The lowest BCUT2D eigenvalue weighted by molar-refractivity contribution is 0.0605. The summed E-state index contributed by atoms with van der Waals surface area (Å²) in [6.07, 6.45) is 1.96. The van der Waals surface area contributed by atoms with Gasteiger partial charge in [-0.15, -0.1) is 0 Å². The molecule has 2 rings (SSSR count). The summed E-state index contributed by atoms with van der Waals surface area (Å²) in [6, 6.07) is 18.7. The van der Waals surface area contributed by atoms with Gasteiger partial charge in [0.1, 0.15) is 12.0 Å². The molecule has 0 spiro atoms. The van der Waals surface area contributed by atoms with Crippen molar-refractivity contribution in [3.8, 4) is 0 Å². The molecule has 0 aliphatic rings. The Morgan fingerprint density at radius 3 is 2.20 bits per heavy atom. The van der Waals surface area contributed by atoms with Gasteiger partial charge in [-0.25, -0.2) is 4.79 Å². The van der Waals surface area contributed by atoms with Gasteiger partial charge in [0, 0.05) is 6.42 Å². The van der Waals surface area contributed by atoms with E-state index in [1.54, 1.807) is 24.3 Å². The highest BCUT2D eigenvalue weighted by Crippen LogP contribution is 2.12. The predicted octanol–water partition coefficient (Wildman–Crippen LogP) is 3.57. The van der Waals surface area contributed by atoms with E-state index in [-0.39, 0.29) is 5.97 Å². The number of benzene rings is 2. The summed E-state index contributed by atoms with van der Waals surface area (Å²) >= 11 is 0. The molecule has 0 fully saturated rings. The SMILES string of the molecule is COC=C(Cc1ccccc1)OC(=O)c1ccccc1. The van der Waals surface area contributed by atoms with Crippen molar-refractivity contribution in [3.05, 3.63) is 83.8 Å². The van der Waals surface area contributed by atoms with Gasteiger partial charge in [0.15, 0.2) is 0 Å². The highest BCUT2D eigenvalue weighted by molar-refractivity contribution is 5.89. The van der Waals surface area contributed by atoms with E-state index in [0.717, 1.165) is 5.56 Å². The lowest BCUT2D eigenvalue weighted by Crippen LogP contribution is -2.07. The molecule has 20 heavy (non-hydrogen) atoms. The van der Waals surface area contributed by atoms with Crippen LogP contribution in [0, 0.1) is 0 Å². The lowest BCUT2D eigenvalue weighted by atomic mass is 10.1. The second-order valence-electron chi connectivity index (χ2n) is 4.24. The first-order valence-electron chi connectivity index (χ1n) is 6.32. The molecular formula is C17H16O3. The van der Waals surface area contributed by atoms with Crippen LogP contribution in [-0.4, -0.2) is 13.1 Å². The normalized spacial score (nSPS) is 10.9. The summed E-state index contributed by atoms with van der Waals surface area (Å²) in [5.74, 6) is 0.0948. The molecule has 0 saturated heterocycles. The van der Waals surface area contributed by atoms with Crippen LogP contribution >= 0.6 is 0 Å². The molecule has 2 aromatic rings. The van der Waals surface area contributed by atoms with Gasteiger partial charge < -0.3 is 9.47 Å². The number of carbonyl (C=O) groups is 1. The number of esters is 1. The molecule has 0 amide bonds. The Morgan fingerprint density at radius 1 is 1.00 bits per heavy atom. The van der Waals surface area contributed by atoms with Gasteiger partial charge in [-0.1, -0.05) is 48.5 Å². The minimum Gasteiger partial charge on any atom is -0.501 e. The first-order chi connectivity index (χ1) is 9.79. The fourth-order valence-electron chi connectivity index (χ4n) is 1.78. The Kier molecular flexibility index (Phi) is 4.95. The molecule has 0 aliphatic heterocycles. The summed E-state index contributed by atoms with van der Waals surface area (Å²) < 4.78 is 10.4. The third-order valence-electron chi connectivity index (χ3n) is 2.70. The van der Waals surface area contributed by atoms with Crippen LogP contribution in [0.3, 0.4) is 0 Å². The van der Waals surface area contributed by atoms with E-state index in [0.29, 0.717) is 17.7 Å². The summed E-state index contributed by atoms with van der Waals surface area (Å²) in [5.41, 5.74) is 1.57. The lowest BCUT2D eigenvalue weighted by Gasteiger charge is -2.08. The summed E-state index contributed by atoms with van der Waals surface area (Å²) in [4.78, 5) is 12.0. The second-order valence-corrected chi connectivity index (χ2v) is 4.24. The number of hydrogen-bond acceptors (Lipinski definition) is 3. The highest BCUT2D eigenvalue weighted by Gasteiger charge is 2.10. The number of rotatable bonds is 5. The van der Waals surface area contributed by atoms with E-state index in [2.05, 4.69) is 0 Å². The van der Waals surface area contributed by atoms with Crippen molar-refractivity contribution in [3.63, 3.8) is 0 Å². The van der Waals surface area contributed by atoms with E-state index in [1.165, 1.54) is 13.4 Å². The van der Waals surface area contributed by atoms with E-state index < -0.39 is 0 Å². The van der Waals surface area contributed by atoms with Crippen molar-refractivity contribution in [1.29, 1.82) is 0 Å². The minimum atomic E-state index is -0.384. The molecule has 0 N–H and O–H groups in total. The highest BCUT2D eigenvalue weighted by atomic mass is 16.5. The standard InChI is InChI=1S/C17H16O3/c1-19-13-16(12-14-8-4-2-5-9-14)20-17(18)15-10-6-3-7-11-15/h2-11,13H,12H2,1H3. The monoisotopic (exact) mass is 268 g/mol. The average molecular weight is 268 g/mol. The molecule has 0 atom stereocenters. The van der Waals surface area contributed by atoms with E-state index in [9.17, 15) is 4.79 Å². The number of hydrogen-bond donors (Lipinski definition) is 0. The van der Waals surface area contributed by atoms with Crippen LogP contribution < -0.4 is 0 Å². The van der Waals surface area contributed by atoms with Crippen LogP contribution in [0.1, 0.15) is 15.9 Å². The van der Waals surface area contributed by atoms with E-state index in [4.69, 9.17) is 9.47 Å². The fourth-order valence-corrected chi connectivity index (χ4v) is 1.78. The van der Waals surface area contributed by atoms with Crippen molar-refractivity contribution in [1.82, 2.24) is 0 Å². The Hall–Kier alpha value is -2.55. The van der Waals surface area contributed by atoms with Gasteiger partial charge in [-0.3, -0.25) is 0 Å². The largest absolute Gasteiger partial charge is 0.501 e. The molecule has 3 nitrogen and oxygen atoms in total. The van der Waals surface area contributed by atoms with Gasteiger partial charge in [0.05, 0.1) is 12.7 Å². The number of allylic oxidation sites excluding steroid dienone is 1. The Labute approximate surface area is 118 Å². The summed E-state index contributed by atoms with van der Waals surface area (Å²) in [7, 11) is 1.53. The van der Waals surface area contributed by atoms with Gasteiger partial charge in [-0.05, 0) is 17.7 Å². The summed E-state index contributed by atoms with van der Waals surface area (Å²) in [6.45, 7) is 0. The van der Waals surface area contributed by atoms with Crippen LogP contribution in [0.4, 0.5) is 0 Å². The number of ether oxygens (including phenoxy) is 2. The molecule has 0 aliphatic carbocycles. The smallest absolute Gasteiger partial charge is 0.343 e. The van der Waals surface area contributed by atoms with Gasteiger partial charge >= 0.3 is 5.97 Å². The molecule has 2 aromatic carbocycles. The summed E-state index contributed by atoms with van der Waals surface area (Å²) in [5, 5.41) is 0. The van der Waals surface area contributed by atoms with Crippen LogP contribution in [-0.2, 0) is 15.9 Å². The van der Waals surface area contributed by atoms with Gasteiger partial charge in [0.2, 0.25) is 0 Å². The van der Waals surface area contributed by atoms with E-state index >= 15 is 0 Å². The molecule has 0 radical (unpaired) electrons. The fraction of sp³-hybridized carbons (Fsp3) is 0.118. The molecule has 0 heterocycles. The van der Waals surface area contributed by atoms with Crippen molar-refractivity contribution in [2.24, 2.45) is 0 Å². The third-order valence-corrected chi connectivity index (χ3v) is 2.70. The molecule has 0 aromatic heterocycles.